The number of aromatic nitrogens is 3. The zero-order valence-corrected chi connectivity index (χ0v) is 17.2. The molecule has 0 unspecified atom stereocenters. The Labute approximate surface area is 178 Å². The molecule has 1 aromatic heterocycles. The number of rotatable bonds is 7. The van der Waals surface area contributed by atoms with Gasteiger partial charge in [0.05, 0.1) is 4.92 Å². The van der Waals surface area contributed by atoms with E-state index in [1.807, 2.05) is 41.0 Å². The van der Waals surface area contributed by atoms with Crippen LogP contribution in [0.4, 0.5) is 5.69 Å². The van der Waals surface area contributed by atoms with E-state index < -0.39 is 0 Å². The van der Waals surface area contributed by atoms with Gasteiger partial charge >= 0.3 is 0 Å². The van der Waals surface area contributed by atoms with Gasteiger partial charge in [-0.2, -0.15) is 0 Å². The molecule has 150 valence electrons. The zero-order valence-electron chi connectivity index (χ0n) is 16.4. The Balaban J connectivity index is 1.70. The lowest BCUT2D eigenvalue weighted by Gasteiger charge is -2.11. The second-order valence-corrected chi connectivity index (χ2v) is 7.69. The van der Waals surface area contributed by atoms with Crippen molar-refractivity contribution in [1.29, 1.82) is 0 Å². The molecule has 0 amide bonds. The normalized spacial score (nSPS) is 10.8. The number of benzene rings is 3. The van der Waals surface area contributed by atoms with E-state index in [2.05, 4.69) is 41.4 Å². The smallest absolute Gasteiger partial charge is 0.269 e. The van der Waals surface area contributed by atoms with Crippen LogP contribution in [-0.4, -0.2) is 19.7 Å². The lowest BCUT2D eigenvalue weighted by Crippen LogP contribution is -2.00. The van der Waals surface area contributed by atoms with Gasteiger partial charge in [0, 0.05) is 29.1 Å². The number of hydrogen-bond donors (Lipinski definition) is 0. The molecular formula is C23H20N4O2S. The Hall–Kier alpha value is -3.45. The van der Waals surface area contributed by atoms with Gasteiger partial charge in [0.2, 0.25) is 0 Å². The van der Waals surface area contributed by atoms with E-state index in [4.69, 9.17) is 0 Å². The molecular weight excluding hydrogens is 396 g/mol. The number of nitro benzene ring substituents is 1. The minimum absolute atomic E-state index is 0.0923. The van der Waals surface area contributed by atoms with Crippen LogP contribution in [0, 0.1) is 10.1 Å². The highest BCUT2D eigenvalue weighted by molar-refractivity contribution is 7.98. The van der Waals surface area contributed by atoms with Crippen LogP contribution in [0.5, 0.6) is 0 Å². The molecule has 0 aliphatic carbocycles. The molecule has 0 fully saturated rings. The van der Waals surface area contributed by atoms with Crippen molar-refractivity contribution in [3.63, 3.8) is 0 Å². The van der Waals surface area contributed by atoms with E-state index in [-0.39, 0.29) is 10.6 Å². The number of nitrogens with zero attached hydrogens (tertiary/aromatic N) is 4. The predicted molar refractivity (Wildman–Crippen MR) is 119 cm³/mol. The van der Waals surface area contributed by atoms with Crippen LogP contribution in [0.3, 0.4) is 0 Å². The predicted octanol–water partition coefficient (Wildman–Crippen LogP) is 5.70. The molecule has 0 atom stereocenters. The third-order valence-electron chi connectivity index (χ3n) is 4.76. The average Bonchev–Trinajstić information content (AvgIpc) is 3.22. The van der Waals surface area contributed by atoms with Gasteiger partial charge in [-0.05, 0) is 29.7 Å². The summed E-state index contributed by atoms with van der Waals surface area (Å²) in [4.78, 5) is 10.7. The van der Waals surface area contributed by atoms with Crippen molar-refractivity contribution in [2.75, 3.05) is 0 Å². The van der Waals surface area contributed by atoms with E-state index in [1.165, 1.54) is 23.4 Å². The van der Waals surface area contributed by atoms with Crippen LogP contribution in [0.2, 0.25) is 0 Å². The molecule has 0 radical (unpaired) electrons. The summed E-state index contributed by atoms with van der Waals surface area (Å²) in [6, 6.07) is 25.0. The molecule has 0 aliphatic heterocycles. The fourth-order valence-corrected chi connectivity index (χ4v) is 4.05. The van der Waals surface area contributed by atoms with E-state index in [9.17, 15) is 10.1 Å². The maximum Gasteiger partial charge on any atom is 0.269 e. The molecule has 0 N–H and O–H groups in total. The Morgan fingerprint density at radius 1 is 0.933 bits per heavy atom. The average molecular weight is 417 g/mol. The Bertz CT molecular complexity index is 1160. The Kier molecular flexibility index (Phi) is 5.90. The van der Waals surface area contributed by atoms with Gasteiger partial charge in [0.15, 0.2) is 11.0 Å². The molecule has 6 nitrogen and oxygen atoms in total. The highest BCUT2D eigenvalue weighted by atomic mass is 32.2. The summed E-state index contributed by atoms with van der Waals surface area (Å²) < 4.78 is 2.04. The van der Waals surface area contributed by atoms with Crippen LogP contribution < -0.4 is 0 Å². The molecule has 30 heavy (non-hydrogen) atoms. The maximum absolute atomic E-state index is 11.1. The van der Waals surface area contributed by atoms with E-state index in [0.29, 0.717) is 5.75 Å². The molecule has 4 aromatic rings. The summed E-state index contributed by atoms with van der Waals surface area (Å²) >= 11 is 1.51. The lowest BCUT2D eigenvalue weighted by atomic mass is 10.1. The topological polar surface area (TPSA) is 73.8 Å². The van der Waals surface area contributed by atoms with Gasteiger partial charge in [-0.3, -0.25) is 14.7 Å². The first-order chi connectivity index (χ1) is 14.7. The molecule has 0 aliphatic rings. The van der Waals surface area contributed by atoms with Crippen molar-refractivity contribution in [2.45, 2.75) is 24.3 Å². The third-order valence-corrected chi connectivity index (χ3v) is 5.76. The third kappa shape index (κ3) is 4.26. The van der Waals surface area contributed by atoms with Crippen LogP contribution in [0.15, 0.2) is 84.0 Å². The summed E-state index contributed by atoms with van der Waals surface area (Å²) in [6.07, 6.45) is 0.975. The monoisotopic (exact) mass is 416 g/mol. The SMILES string of the molecule is CCc1ccc(-n2c(SCc3cccc([N+](=O)[O-])c3)nnc2-c2ccccc2)cc1. The Morgan fingerprint density at radius 2 is 1.70 bits per heavy atom. The van der Waals surface area contributed by atoms with Crippen molar-refractivity contribution < 1.29 is 4.92 Å². The van der Waals surface area contributed by atoms with Crippen molar-refractivity contribution in [3.05, 3.63) is 100 Å². The molecule has 0 saturated heterocycles. The molecule has 1 heterocycles. The number of thioether (sulfide) groups is 1. The summed E-state index contributed by atoms with van der Waals surface area (Å²) in [5.41, 5.74) is 4.18. The van der Waals surface area contributed by atoms with Crippen LogP contribution in [0.25, 0.3) is 17.1 Å². The highest BCUT2D eigenvalue weighted by Gasteiger charge is 2.16. The lowest BCUT2D eigenvalue weighted by molar-refractivity contribution is -0.384. The van der Waals surface area contributed by atoms with Crippen molar-refractivity contribution >= 4 is 17.4 Å². The number of nitro groups is 1. The number of aryl methyl sites for hydroxylation is 1. The maximum atomic E-state index is 11.1. The summed E-state index contributed by atoms with van der Waals surface area (Å²) in [5.74, 6) is 1.32. The van der Waals surface area contributed by atoms with Crippen molar-refractivity contribution in [1.82, 2.24) is 14.8 Å². The van der Waals surface area contributed by atoms with E-state index in [0.717, 1.165) is 34.2 Å². The fraction of sp³-hybridized carbons (Fsp3) is 0.130. The van der Waals surface area contributed by atoms with Gasteiger partial charge in [0.25, 0.3) is 5.69 Å². The highest BCUT2D eigenvalue weighted by Crippen LogP contribution is 2.30. The summed E-state index contributed by atoms with van der Waals surface area (Å²) in [6.45, 7) is 2.13. The molecule has 7 heteroatoms. The summed E-state index contributed by atoms with van der Waals surface area (Å²) in [7, 11) is 0. The standard InChI is InChI=1S/C23H20N4O2S/c1-2-17-11-13-20(14-12-17)26-22(19-8-4-3-5-9-19)24-25-23(26)30-16-18-7-6-10-21(15-18)27(28)29/h3-15H,2,16H2,1H3. The first-order valence-corrected chi connectivity index (χ1v) is 10.6. The van der Waals surface area contributed by atoms with Gasteiger partial charge < -0.3 is 0 Å². The zero-order chi connectivity index (χ0) is 20.9. The molecule has 3 aromatic carbocycles. The molecule has 0 bridgehead atoms. The fourth-order valence-electron chi connectivity index (χ4n) is 3.16. The second kappa shape index (κ2) is 8.92. The number of hydrogen-bond acceptors (Lipinski definition) is 5. The van der Waals surface area contributed by atoms with Gasteiger partial charge in [-0.1, -0.05) is 73.3 Å². The van der Waals surface area contributed by atoms with Crippen molar-refractivity contribution in [3.8, 4) is 17.1 Å². The van der Waals surface area contributed by atoms with Gasteiger partial charge in [-0.15, -0.1) is 10.2 Å². The van der Waals surface area contributed by atoms with E-state index in [1.54, 1.807) is 12.1 Å². The quantitative estimate of drug-likeness (QED) is 0.220. The van der Waals surface area contributed by atoms with Crippen molar-refractivity contribution in [2.24, 2.45) is 0 Å². The van der Waals surface area contributed by atoms with Crippen LogP contribution in [0.1, 0.15) is 18.1 Å². The Morgan fingerprint density at radius 3 is 2.40 bits per heavy atom. The van der Waals surface area contributed by atoms with Gasteiger partial charge in [-0.25, -0.2) is 0 Å². The molecule has 0 saturated carbocycles. The summed E-state index contributed by atoms with van der Waals surface area (Å²) in [5, 5.41) is 20.7. The first kappa shape index (κ1) is 19.8. The molecule has 4 rings (SSSR count). The minimum Gasteiger partial charge on any atom is -0.270 e. The van der Waals surface area contributed by atoms with Crippen LogP contribution >= 0.6 is 11.8 Å². The first-order valence-electron chi connectivity index (χ1n) is 9.62. The minimum atomic E-state index is -0.376. The largest absolute Gasteiger partial charge is 0.270 e. The van der Waals surface area contributed by atoms with E-state index >= 15 is 0 Å². The number of non-ortho nitro benzene ring substituents is 1. The molecule has 0 spiro atoms. The van der Waals surface area contributed by atoms with Crippen LogP contribution in [-0.2, 0) is 12.2 Å². The second-order valence-electron chi connectivity index (χ2n) is 6.74. The van der Waals surface area contributed by atoms with Gasteiger partial charge in [0.1, 0.15) is 0 Å².